The number of nitrogens with zero attached hydrogens (tertiary/aromatic N) is 5. The maximum absolute atomic E-state index is 13.2. The average Bonchev–Trinajstić information content (AvgIpc) is 3.29. The van der Waals surface area contributed by atoms with Gasteiger partial charge in [-0.1, -0.05) is 17.7 Å². The highest BCUT2D eigenvalue weighted by atomic mass is 35.5. The van der Waals surface area contributed by atoms with E-state index in [1.54, 1.807) is 11.0 Å². The molecule has 2 aliphatic heterocycles. The van der Waals surface area contributed by atoms with Crippen LogP contribution < -0.4 is 0 Å². The van der Waals surface area contributed by atoms with Crippen molar-refractivity contribution in [3.8, 4) is 0 Å². The van der Waals surface area contributed by atoms with Crippen LogP contribution in [0.5, 0.6) is 0 Å². The van der Waals surface area contributed by atoms with Gasteiger partial charge in [0, 0.05) is 43.9 Å². The number of rotatable bonds is 4. The molecular formula is C22H24ClN5O4S. The van der Waals surface area contributed by atoms with E-state index in [2.05, 4.69) is 10.2 Å². The van der Waals surface area contributed by atoms with Gasteiger partial charge in [0.2, 0.25) is 10.0 Å². The number of aromatic nitrogens is 3. The Hall–Kier alpha value is -2.53. The van der Waals surface area contributed by atoms with Gasteiger partial charge < -0.3 is 9.64 Å². The van der Waals surface area contributed by atoms with E-state index in [9.17, 15) is 13.2 Å². The second-order valence-electron chi connectivity index (χ2n) is 8.22. The second-order valence-corrected chi connectivity index (χ2v) is 10.5. The molecule has 5 rings (SSSR count). The number of hydrogen-bond acceptors (Lipinski definition) is 6. The standard InChI is InChI=1S/C22H24ClN5O4S/c23-18-5-4-17(15-19(18)33(30,31)27-11-13-32-14-12-27)22(29)26-9-6-16(7-10-26)21-25-24-20-3-1-2-8-28(20)21/h1-5,8,15-16H,6-7,9-14H2. The van der Waals surface area contributed by atoms with Gasteiger partial charge in [-0.15, -0.1) is 10.2 Å². The smallest absolute Gasteiger partial charge is 0.253 e. The van der Waals surface area contributed by atoms with E-state index in [0.29, 0.717) is 31.9 Å². The van der Waals surface area contributed by atoms with Crippen LogP contribution in [0.4, 0.5) is 0 Å². The zero-order valence-electron chi connectivity index (χ0n) is 17.9. The fourth-order valence-corrected chi connectivity index (χ4v) is 6.33. The molecule has 0 atom stereocenters. The van der Waals surface area contributed by atoms with Gasteiger partial charge in [0.25, 0.3) is 5.91 Å². The number of ether oxygens (including phenoxy) is 1. The lowest BCUT2D eigenvalue weighted by Crippen LogP contribution is -2.41. The molecule has 2 fully saturated rings. The van der Waals surface area contributed by atoms with Crippen molar-refractivity contribution >= 4 is 33.2 Å². The Kier molecular flexibility index (Phi) is 6.09. The molecule has 11 heteroatoms. The Labute approximate surface area is 197 Å². The Balaban J connectivity index is 1.32. The summed E-state index contributed by atoms with van der Waals surface area (Å²) in [5, 5.41) is 8.69. The molecule has 0 saturated carbocycles. The van der Waals surface area contributed by atoms with Crippen molar-refractivity contribution in [2.75, 3.05) is 39.4 Å². The van der Waals surface area contributed by atoms with Crippen LogP contribution in [0.25, 0.3) is 5.65 Å². The average molecular weight is 490 g/mol. The first-order valence-electron chi connectivity index (χ1n) is 10.9. The van der Waals surface area contributed by atoms with E-state index in [-0.39, 0.29) is 34.8 Å². The summed E-state index contributed by atoms with van der Waals surface area (Å²) >= 11 is 6.24. The molecule has 1 aromatic carbocycles. The highest BCUT2D eigenvalue weighted by molar-refractivity contribution is 7.89. The van der Waals surface area contributed by atoms with Crippen LogP contribution in [0.3, 0.4) is 0 Å². The summed E-state index contributed by atoms with van der Waals surface area (Å²) in [6.07, 6.45) is 3.47. The Morgan fingerprint density at radius 3 is 2.55 bits per heavy atom. The fraction of sp³-hybridized carbons (Fsp3) is 0.409. The number of amides is 1. The summed E-state index contributed by atoms with van der Waals surface area (Å²) in [7, 11) is -3.81. The number of benzene rings is 1. The molecule has 0 unspecified atom stereocenters. The normalized spacial score (nSPS) is 18.6. The summed E-state index contributed by atoms with van der Waals surface area (Å²) < 4.78 is 34.8. The molecule has 2 aromatic heterocycles. The lowest BCUT2D eigenvalue weighted by molar-refractivity contribution is 0.0709. The van der Waals surface area contributed by atoms with E-state index in [4.69, 9.17) is 16.3 Å². The topological polar surface area (TPSA) is 97.1 Å². The highest BCUT2D eigenvalue weighted by Gasteiger charge is 2.31. The van der Waals surface area contributed by atoms with E-state index < -0.39 is 10.0 Å². The number of sulfonamides is 1. The van der Waals surface area contributed by atoms with E-state index in [1.807, 2.05) is 28.8 Å². The molecule has 0 radical (unpaired) electrons. The van der Waals surface area contributed by atoms with Crippen molar-refractivity contribution in [2.24, 2.45) is 0 Å². The number of piperidine rings is 1. The minimum Gasteiger partial charge on any atom is -0.379 e. The van der Waals surface area contributed by atoms with Gasteiger partial charge in [-0.2, -0.15) is 4.31 Å². The van der Waals surface area contributed by atoms with Crippen molar-refractivity contribution in [1.82, 2.24) is 23.8 Å². The number of hydrogen-bond donors (Lipinski definition) is 0. The minimum atomic E-state index is -3.81. The van der Waals surface area contributed by atoms with Gasteiger partial charge >= 0.3 is 0 Å². The molecule has 0 N–H and O–H groups in total. The number of morpholine rings is 1. The van der Waals surface area contributed by atoms with Crippen LogP contribution in [0.2, 0.25) is 5.02 Å². The monoisotopic (exact) mass is 489 g/mol. The molecule has 0 spiro atoms. The van der Waals surface area contributed by atoms with Gasteiger partial charge in [-0.25, -0.2) is 8.42 Å². The first kappa shape index (κ1) is 22.3. The summed E-state index contributed by atoms with van der Waals surface area (Å²) in [6, 6.07) is 10.3. The lowest BCUT2D eigenvalue weighted by atomic mass is 9.95. The molecule has 9 nitrogen and oxygen atoms in total. The predicted molar refractivity (Wildman–Crippen MR) is 122 cm³/mol. The maximum atomic E-state index is 13.2. The summed E-state index contributed by atoms with van der Waals surface area (Å²) in [6.45, 7) is 2.32. The Morgan fingerprint density at radius 2 is 1.79 bits per heavy atom. The number of fused-ring (bicyclic) bond motifs is 1. The van der Waals surface area contributed by atoms with Crippen molar-refractivity contribution in [1.29, 1.82) is 0 Å². The number of pyridine rings is 1. The molecule has 0 aliphatic carbocycles. The van der Waals surface area contributed by atoms with Crippen LogP contribution in [-0.2, 0) is 14.8 Å². The van der Waals surface area contributed by atoms with Crippen LogP contribution in [0.15, 0.2) is 47.5 Å². The molecule has 2 aliphatic rings. The third kappa shape index (κ3) is 4.23. The highest BCUT2D eigenvalue weighted by Crippen LogP contribution is 2.30. The van der Waals surface area contributed by atoms with Gasteiger partial charge in [0.05, 0.1) is 18.2 Å². The molecule has 0 bridgehead atoms. The number of carbonyl (C=O) groups excluding carboxylic acids is 1. The van der Waals surface area contributed by atoms with Gasteiger partial charge in [-0.3, -0.25) is 9.20 Å². The lowest BCUT2D eigenvalue weighted by Gasteiger charge is -2.31. The molecule has 2 saturated heterocycles. The Morgan fingerprint density at radius 1 is 1.03 bits per heavy atom. The van der Waals surface area contributed by atoms with Crippen molar-refractivity contribution in [2.45, 2.75) is 23.7 Å². The number of carbonyl (C=O) groups is 1. The minimum absolute atomic E-state index is 0.0401. The van der Waals surface area contributed by atoms with Gasteiger partial charge in [0.15, 0.2) is 5.65 Å². The molecule has 3 aromatic rings. The van der Waals surface area contributed by atoms with Crippen molar-refractivity contribution < 1.29 is 17.9 Å². The molecule has 4 heterocycles. The van der Waals surface area contributed by atoms with Crippen LogP contribution >= 0.6 is 11.6 Å². The van der Waals surface area contributed by atoms with E-state index in [1.165, 1.54) is 16.4 Å². The zero-order valence-corrected chi connectivity index (χ0v) is 19.5. The largest absolute Gasteiger partial charge is 0.379 e. The summed E-state index contributed by atoms with van der Waals surface area (Å²) in [5.41, 5.74) is 1.12. The summed E-state index contributed by atoms with van der Waals surface area (Å²) in [5.74, 6) is 0.909. The van der Waals surface area contributed by atoms with Crippen molar-refractivity contribution in [3.63, 3.8) is 0 Å². The quantitative estimate of drug-likeness (QED) is 0.558. The molecule has 1 amide bonds. The predicted octanol–water partition coefficient (Wildman–Crippen LogP) is 2.42. The third-order valence-corrected chi connectivity index (χ3v) is 8.63. The van der Waals surface area contributed by atoms with E-state index >= 15 is 0 Å². The molecule has 33 heavy (non-hydrogen) atoms. The molecule has 174 valence electrons. The van der Waals surface area contributed by atoms with Crippen LogP contribution in [0.1, 0.15) is 34.9 Å². The van der Waals surface area contributed by atoms with Crippen LogP contribution in [-0.4, -0.2) is 77.5 Å². The van der Waals surface area contributed by atoms with Crippen LogP contribution in [0, 0.1) is 0 Å². The number of likely N-dealkylation sites (tertiary alicyclic amines) is 1. The summed E-state index contributed by atoms with van der Waals surface area (Å²) in [4.78, 5) is 14.9. The van der Waals surface area contributed by atoms with E-state index in [0.717, 1.165) is 24.3 Å². The fourth-order valence-electron chi connectivity index (χ4n) is 4.42. The number of halogens is 1. The SMILES string of the molecule is O=C(c1ccc(Cl)c(S(=O)(=O)N2CCOCC2)c1)N1CCC(c2nnc3ccccn23)CC1. The molecular weight excluding hydrogens is 466 g/mol. The third-order valence-electron chi connectivity index (χ3n) is 6.25. The first-order chi connectivity index (χ1) is 15.9. The Bertz CT molecular complexity index is 1280. The van der Waals surface area contributed by atoms with Crippen molar-refractivity contribution in [3.05, 3.63) is 59.0 Å². The zero-order chi connectivity index (χ0) is 23.0. The maximum Gasteiger partial charge on any atom is 0.253 e. The second kappa shape index (κ2) is 9.02. The van der Waals surface area contributed by atoms with Gasteiger partial charge in [-0.05, 0) is 43.2 Å². The first-order valence-corrected chi connectivity index (χ1v) is 12.7. The van der Waals surface area contributed by atoms with Gasteiger partial charge in [0.1, 0.15) is 10.7 Å².